The van der Waals surface area contributed by atoms with E-state index >= 15 is 0 Å². The lowest BCUT2D eigenvalue weighted by Gasteiger charge is -2.12. The normalized spacial score (nSPS) is 22.1. The lowest BCUT2D eigenvalue weighted by Crippen LogP contribution is -2.12. The molecule has 1 heterocycles. The SMILES string of the molecule is Cc1ccc([C@H]2CCCN2)c(O)c1. The zero-order valence-corrected chi connectivity index (χ0v) is 7.88. The Morgan fingerprint density at radius 1 is 1.46 bits per heavy atom. The van der Waals surface area contributed by atoms with Gasteiger partial charge in [0.2, 0.25) is 0 Å². The molecule has 0 bridgehead atoms. The predicted octanol–water partition coefficient (Wildman–Crippen LogP) is 2.13. The average Bonchev–Trinajstić information content (AvgIpc) is 2.56. The van der Waals surface area contributed by atoms with Crippen molar-refractivity contribution in [2.45, 2.75) is 25.8 Å². The van der Waals surface area contributed by atoms with Crippen molar-refractivity contribution in [3.63, 3.8) is 0 Å². The number of aromatic hydroxyl groups is 1. The van der Waals surface area contributed by atoms with Gasteiger partial charge in [-0.2, -0.15) is 0 Å². The van der Waals surface area contributed by atoms with Gasteiger partial charge in [0.25, 0.3) is 0 Å². The molecule has 1 atom stereocenters. The van der Waals surface area contributed by atoms with Crippen molar-refractivity contribution in [1.29, 1.82) is 0 Å². The van der Waals surface area contributed by atoms with Crippen molar-refractivity contribution < 1.29 is 5.11 Å². The largest absolute Gasteiger partial charge is 0.508 e. The minimum atomic E-state index is 0.362. The highest BCUT2D eigenvalue weighted by Gasteiger charge is 2.18. The molecule has 1 aliphatic heterocycles. The van der Waals surface area contributed by atoms with Crippen LogP contribution in [0.1, 0.15) is 30.0 Å². The number of hydrogen-bond donors (Lipinski definition) is 2. The fraction of sp³-hybridized carbons (Fsp3) is 0.455. The summed E-state index contributed by atoms with van der Waals surface area (Å²) in [7, 11) is 0. The van der Waals surface area contributed by atoms with Crippen LogP contribution in [0.2, 0.25) is 0 Å². The van der Waals surface area contributed by atoms with E-state index in [0.717, 1.165) is 24.1 Å². The van der Waals surface area contributed by atoms with E-state index in [1.165, 1.54) is 6.42 Å². The first-order valence-corrected chi connectivity index (χ1v) is 4.80. The van der Waals surface area contributed by atoms with E-state index in [2.05, 4.69) is 11.4 Å². The Hall–Kier alpha value is -1.02. The second-order valence-corrected chi connectivity index (χ2v) is 3.71. The van der Waals surface area contributed by atoms with Gasteiger partial charge in [-0.1, -0.05) is 12.1 Å². The van der Waals surface area contributed by atoms with Crippen molar-refractivity contribution in [2.75, 3.05) is 6.54 Å². The molecule has 2 rings (SSSR count). The molecule has 1 fully saturated rings. The summed E-state index contributed by atoms with van der Waals surface area (Å²) >= 11 is 0. The third-order valence-electron chi connectivity index (χ3n) is 2.62. The monoisotopic (exact) mass is 177 g/mol. The van der Waals surface area contributed by atoms with Gasteiger partial charge in [-0.05, 0) is 37.9 Å². The summed E-state index contributed by atoms with van der Waals surface area (Å²) in [5, 5.41) is 13.1. The summed E-state index contributed by atoms with van der Waals surface area (Å²) in [6.07, 6.45) is 2.34. The van der Waals surface area contributed by atoms with Crippen LogP contribution in [0.5, 0.6) is 5.75 Å². The molecule has 1 aromatic carbocycles. The van der Waals surface area contributed by atoms with Gasteiger partial charge in [0.15, 0.2) is 0 Å². The fourth-order valence-electron chi connectivity index (χ4n) is 1.90. The van der Waals surface area contributed by atoms with Crippen LogP contribution in [-0.2, 0) is 0 Å². The minimum Gasteiger partial charge on any atom is -0.508 e. The van der Waals surface area contributed by atoms with Crippen LogP contribution in [0.15, 0.2) is 18.2 Å². The summed E-state index contributed by atoms with van der Waals surface area (Å²) in [5.41, 5.74) is 2.15. The lowest BCUT2D eigenvalue weighted by atomic mass is 10.0. The molecule has 0 amide bonds. The van der Waals surface area contributed by atoms with Crippen molar-refractivity contribution in [3.05, 3.63) is 29.3 Å². The molecule has 2 N–H and O–H groups in total. The van der Waals surface area contributed by atoms with Crippen molar-refractivity contribution in [2.24, 2.45) is 0 Å². The van der Waals surface area contributed by atoms with Gasteiger partial charge in [-0.25, -0.2) is 0 Å². The van der Waals surface area contributed by atoms with Crippen LogP contribution in [0.25, 0.3) is 0 Å². The molecule has 0 radical (unpaired) electrons. The van der Waals surface area contributed by atoms with E-state index in [1.54, 1.807) is 0 Å². The van der Waals surface area contributed by atoms with Crippen LogP contribution in [0, 0.1) is 6.92 Å². The summed E-state index contributed by atoms with van der Waals surface area (Å²) < 4.78 is 0. The van der Waals surface area contributed by atoms with Crippen LogP contribution in [-0.4, -0.2) is 11.7 Å². The number of phenolic OH excluding ortho intramolecular Hbond substituents is 1. The first kappa shape index (κ1) is 8.57. The third-order valence-corrected chi connectivity index (χ3v) is 2.62. The summed E-state index contributed by atoms with van der Waals surface area (Å²) in [6.45, 7) is 3.06. The van der Waals surface area contributed by atoms with E-state index in [1.807, 2.05) is 19.1 Å². The Bertz CT molecular complexity index is 303. The van der Waals surface area contributed by atoms with Crippen molar-refractivity contribution >= 4 is 0 Å². The minimum absolute atomic E-state index is 0.362. The number of nitrogens with one attached hydrogen (secondary N) is 1. The highest BCUT2D eigenvalue weighted by atomic mass is 16.3. The molecule has 0 saturated carbocycles. The number of rotatable bonds is 1. The van der Waals surface area contributed by atoms with Crippen LogP contribution in [0.3, 0.4) is 0 Å². The number of hydrogen-bond acceptors (Lipinski definition) is 2. The Balaban J connectivity index is 2.29. The second kappa shape index (κ2) is 3.38. The summed E-state index contributed by atoms with van der Waals surface area (Å²) in [6, 6.07) is 6.26. The molecule has 0 unspecified atom stereocenters. The maximum Gasteiger partial charge on any atom is 0.120 e. The summed E-state index contributed by atoms with van der Waals surface area (Å²) in [5.74, 6) is 0.430. The zero-order chi connectivity index (χ0) is 9.26. The van der Waals surface area contributed by atoms with E-state index in [9.17, 15) is 5.11 Å². The van der Waals surface area contributed by atoms with Crippen LogP contribution in [0.4, 0.5) is 0 Å². The highest BCUT2D eigenvalue weighted by Crippen LogP contribution is 2.30. The molecule has 1 aliphatic rings. The van der Waals surface area contributed by atoms with E-state index in [-0.39, 0.29) is 0 Å². The van der Waals surface area contributed by atoms with Crippen molar-refractivity contribution in [3.8, 4) is 5.75 Å². The van der Waals surface area contributed by atoms with Gasteiger partial charge in [0, 0.05) is 11.6 Å². The molecule has 13 heavy (non-hydrogen) atoms. The fourth-order valence-corrected chi connectivity index (χ4v) is 1.90. The number of phenols is 1. The predicted molar refractivity (Wildman–Crippen MR) is 52.8 cm³/mol. The Kier molecular flexibility index (Phi) is 2.23. The summed E-state index contributed by atoms with van der Waals surface area (Å²) in [4.78, 5) is 0. The van der Waals surface area contributed by atoms with Gasteiger partial charge in [0.1, 0.15) is 5.75 Å². The average molecular weight is 177 g/mol. The molecule has 0 aromatic heterocycles. The first-order valence-electron chi connectivity index (χ1n) is 4.80. The number of benzene rings is 1. The Morgan fingerprint density at radius 2 is 2.31 bits per heavy atom. The van der Waals surface area contributed by atoms with E-state index < -0.39 is 0 Å². The topological polar surface area (TPSA) is 32.3 Å². The third kappa shape index (κ3) is 1.68. The Morgan fingerprint density at radius 3 is 2.92 bits per heavy atom. The van der Waals surface area contributed by atoms with E-state index in [0.29, 0.717) is 11.8 Å². The van der Waals surface area contributed by atoms with Gasteiger partial charge < -0.3 is 10.4 Å². The molecule has 2 nitrogen and oxygen atoms in total. The van der Waals surface area contributed by atoms with Crippen molar-refractivity contribution in [1.82, 2.24) is 5.32 Å². The van der Waals surface area contributed by atoms with E-state index in [4.69, 9.17) is 0 Å². The smallest absolute Gasteiger partial charge is 0.120 e. The van der Waals surface area contributed by atoms with Gasteiger partial charge in [0.05, 0.1) is 0 Å². The second-order valence-electron chi connectivity index (χ2n) is 3.71. The van der Waals surface area contributed by atoms with Crippen LogP contribution >= 0.6 is 0 Å². The molecule has 0 aliphatic carbocycles. The molecule has 0 spiro atoms. The molecule has 1 aromatic rings. The lowest BCUT2D eigenvalue weighted by molar-refractivity contribution is 0.456. The molecule has 70 valence electrons. The van der Waals surface area contributed by atoms with Gasteiger partial charge in [-0.15, -0.1) is 0 Å². The first-order chi connectivity index (χ1) is 6.27. The molecule has 1 saturated heterocycles. The zero-order valence-electron chi connectivity index (χ0n) is 7.88. The molecular weight excluding hydrogens is 162 g/mol. The van der Waals surface area contributed by atoms with Gasteiger partial charge in [-0.3, -0.25) is 0 Å². The maximum absolute atomic E-state index is 9.71. The van der Waals surface area contributed by atoms with Gasteiger partial charge >= 0.3 is 0 Å². The standard InChI is InChI=1S/C11H15NO/c1-8-4-5-9(11(13)7-8)10-3-2-6-12-10/h4-5,7,10,12-13H,2-3,6H2,1H3/t10-/m1/s1. The highest BCUT2D eigenvalue weighted by molar-refractivity contribution is 5.38. The molecule has 2 heteroatoms. The Labute approximate surface area is 78.6 Å². The number of aryl methyl sites for hydroxylation is 1. The molecular formula is C11H15NO. The van der Waals surface area contributed by atoms with Crippen LogP contribution < -0.4 is 5.32 Å². The maximum atomic E-state index is 9.71. The quantitative estimate of drug-likeness (QED) is 0.688.